The number of fused-ring (bicyclic) bond motifs is 1. The van der Waals surface area contributed by atoms with Crippen molar-refractivity contribution in [3.05, 3.63) is 0 Å². The predicted molar refractivity (Wildman–Crippen MR) is 54.6 cm³/mol. The van der Waals surface area contributed by atoms with E-state index in [1.807, 2.05) is 0 Å². The summed E-state index contributed by atoms with van der Waals surface area (Å²) >= 11 is 0. The van der Waals surface area contributed by atoms with E-state index in [4.69, 9.17) is 9.57 Å². The summed E-state index contributed by atoms with van der Waals surface area (Å²) in [5, 5.41) is 0. The van der Waals surface area contributed by atoms with Crippen molar-refractivity contribution in [2.75, 3.05) is 13.2 Å². The van der Waals surface area contributed by atoms with Crippen LogP contribution >= 0.6 is 0 Å². The first kappa shape index (κ1) is 12.5. The second kappa shape index (κ2) is 3.78. The number of carbonyl (C=O) groups excluding carboxylic acids is 1. The van der Waals surface area contributed by atoms with Gasteiger partial charge in [0.25, 0.3) is 5.92 Å². The minimum Gasteiger partial charge on any atom is -0.444 e. The Hall–Kier alpha value is -0.950. The maximum atomic E-state index is 13.6. The topological polar surface area (TPSA) is 50.8 Å². The van der Waals surface area contributed by atoms with Gasteiger partial charge in [0, 0.05) is 0 Å². The second-order valence-electron chi connectivity index (χ2n) is 5.34. The van der Waals surface area contributed by atoms with Gasteiger partial charge in [0.1, 0.15) is 11.6 Å². The molecule has 0 unspecified atom stereocenters. The van der Waals surface area contributed by atoms with E-state index >= 15 is 0 Å². The number of alkyl halides is 2. The molecule has 7 heteroatoms. The van der Waals surface area contributed by atoms with Crippen LogP contribution in [0.25, 0.3) is 0 Å². The monoisotopic (exact) mass is 250 g/mol. The summed E-state index contributed by atoms with van der Waals surface area (Å²) in [5.74, 6) is -2.99. The van der Waals surface area contributed by atoms with E-state index in [-0.39, 0.29) is 6.61 Å². The fraction of sp³-hybridized carbons (Fsp3) is 0.900. The van der Waals surface area contributed by atoms with Crippen LogP contribution in [0.2, 0.25) is 0 Å². The number of carbonyl (C=O) groups is 1. The van der Waals surface area contributed by atoms with E-state index in [1.54, 1.807) is 20.8 Å². The van der Waals surface area contributed by atoms with E-state index in [2.05, 4.69) is 5.48 Å². The Balaban J connectivity index is 2.10. The van der Waals surface area contributed by atoms with Crippen molar-refractivity contribution in [3.8, 4) is 0 Å². The van der Waals surface area contributed by atoms with Gasteiger partial charge in [0.2, 0.25) is 0 Å². The lowest BCUT2D eigenvalue weighted by Crippen LogP contribution is -2.43. The van der Waals surface area contributed by atoms with Gasteiger partial charge in [0.15, 0.2) is 0 Å². The molecule has 2 aliphatic rings. The number of rotatable bonds is 0. The van der Waals surface area contributed by atoms with E-state index in [1.165, 1.54) is 0 Å². The molecule has 1 amide bonds. The quantitative estimate of drug-likeness (QED) is 0.700. The third-order valence-electron chi connectivity index (χ3n) is 2.71. The van der Waals surface area contributed by atoms with Gasteiger partial charge in [-0.15, -0.1) is 0 Å². The Morgan fingerprint density at radius 1 is 1.53 bits per heavy atom. The first-order valence-electron chi connectivity index (χ1n) is 5.45. The first-order chi connectivity index (χ1) is 7.71. The lowest BCUT2D eigenvalue weighted by atomic mass is 10.1. The number of ether oxygens (including phenoxy) is 1. The highest BCUT2D eigenvalue weighted by Gasteiger charge is 2.59. The molecule has 0 bridgehead atoms. The summed E-state index contributed by atoms with van der Waals surface area (Å²) in [6.07, 6.45) is -0.725. The maximum Gasteiger partial charge on any atom is 0.410 e. The van der Waals surface area contributed by atoms with E-state index < -0.39 is 36.2 Å². The normalized spacial score (nSPS) is 31.5. The molecule has 2 fully saturated rings. The molecule has 0 radical (unpaired) electrons. The highest BCUT2D eigenvalue weighted by molar-refractivity contribution is 5.69. The molecule has 0 spiro atoms. The third kappa shape index (κ3) is 2.35. The fourth-order valence-corrected chi connectivity index (χ4v) is 2.00. The van der Waals surface area contributed by atoms with Crippen LogP contribution in [0.3, 0.4) is 0 Å². The largest absolute Gasteiger partial charge is 0.444 e. The molecule has 2 rings (SSSR count). The molecule has 5 nitrogen and oxygen atoms in total. The number of nitrogens with one attached hydrogen (secondary N) is 1. The van der Waals surface area contributed by atoms with Gasteiger partial charge in [-0.25, -0.2) is 13.6 Å². The number of hydrogen-bond donors (Lipinski definition) is 1. The van der Waals surface area contributed by atoms with Gasteiger partial charge in [0.05, 0.1) is 19.2 Å². The number of likely N-dealkylation sites (tertiary alicyclic amines) is 1. The summed E-state index contributed by atoms with van der Waals surface area (Å²) in [6, 6.07) is -1.81. The molecule has 17 heavy (non-hydrogen) atoms. The minimum atomic E-state index is -2.99. The van der Waals surface area contributed by atoms with Gasteiger partial charge < -0.3 is 4.74 Å². The third-order valence-corrected chi connectivity index (χ3v) is 2.71. The van der Waals surface area contributed by atoms with Gasteiger partial charge in [-0.1, -0.05) is 0 Å². The van der Waals surface area contributed by atoms with Crippen LogP contribution in [0.5, 0.6) is 0 Å². The van der Waals surface area contributed by atoms with E-state index in [0.717, 1.165) is 4.90 Å². The molecule has 2 aliphatic heterocycles. The van der Waals surface area contributed by atoms with Crippen LogP contribution in [-0.2, 0) is 9.57 Å². The molecule has 98 valence electrons. The predicted octanol–water partition coefficient (Wildman–Crippen LogP) is 1.14. The van der Waals surface area contributed by atoms with Gasteiger partial charge in [-0.05, 0) is 20.8 Å². The van der Waals surface area contributed by atoms with Crippen molar-refractivity contribution in [1.82, 2.24) is 10.4 Å². The Kier molecular flexibility index (Phi) is 2.78. The molecule has 0 saturated carbocycles. The molecular formula is C10H16F2N2O3. The lowest BCUT2D eigenvalue weighted by Gasteiger charge is -2.26. The minimum absolute atomic E-state index is 0.0551. The molecule has 2 atom stereocenters. The zero-order valence-corrected chi connectivity index (χ0v) is 10.00. The van der Waals surface area contributed by atoms with Crippen LogP contribution < -0.4 is 5.48 Å². The Morgan fingerprint density at radius 3 is 2.76 bits per heavy atom. The molecule has 0 aromatic carbocycles. The van der Waals surface area contributed by atoms with Crippen molar-refractivity contribution in [2.45, 2.75) is 44.4 Å². The fourth-order valence-electron chi connectivity index (χ4n) is 2.00. The van der Waals surface area contributed by atoms with Gasteiger partial charge in [-0.2, -0.15) is 5.48 Å². The van der Waals surface area contributed by atoms with Crippen molar-refractivity contribution < 1.29 is 23.1 Å². The summed E-state index contributed by atoms with van der Waals surface area (Å²) in [6.45, 7) is 4.51. The van der Waals surface area contributed by atoms with Gasteiger partial charge in [-0.3, -0.25) is 9.74 Å². The average molecular weight is 250 g/mol. The SMILES string of the molecule is CC(C)(C)OC(=O)N1CC(F)(F)[C@H]2NOC[C@H]21. The number of amides is 1. The highest BCUT2D eigenvalue weighted by atomic mass is 19.3. The van der Waals surface area contributed by atoms with Crippen molar-refractivity contribution >= 4 is 6.09 Å². The average Bonchev–Trinajstić information content (AvgIpc) is 2.66. The van der Waals surface area contributed by atoms with Crippen molar-refractivity contribution in [3.63, 3.8) is 0 Å². The maximum absolute atomic E-state index is 13.6. The standard InChI is InChI=1S/C10H16F2N2O3/c1-9(2,3)17-8(15)14-5-10(11,12)7-6(14)4-16-13-7/h6-7,13H,4-5H2,1-3H3/t6-,7+/m1/s1. The second-order valence-corrected chi connectivity index (χ2v) is 5.34. The van der Waals surface area contributed by atoms with Crippen molar-refractivity contribution in [1.29, 1.82) is 0 Å². The van der Waals surface area contributed by atoms with Crippen molar-refractivity contribution in [2.24, 2.45) is 0 Å². The summed E-state index contributed by atoms with van der Waals surface area (Å²) in [4.78, 5) is 17.6. The first-order valence-corrected chi connectivity index (χ1v) is 5.45. The van der Waals surface area contributed by atoms with E-state index in [9.17, 15) is 13.6 Å². The number of nitrogens with zero attached hydrogens (tertiary/aromatic N) is 1. The Morgan fingerprint density at radius 2 is 2.18 bits per heavy atom. The Labute approximate surface area is 98.0 Å². The van der Waals surface area contributed by atoms with Crippen LogP contribution in [-0.4, -0.2) is 47.8 Å². The number of hydrogen-bond acceptors (Lipinski definition) is 4. The summed E-state index contributed by atoms with van der Waals surface area (Å²) < 4.78 is 32.2. The Bertz CT molecular complexity index is 330. The molecule has 1 N–H and O–H groups in total. The van der Waals surface area contributed by atoms with Crippen LogP contribution in [0, 0.1) is 0 Å². The number of hydroxylamine groups is 1. The van der Waals surface area contributed by atoms with Gasteiger partial charge >= 0.3 is 6.09 Å². The molecule has 0 aromatic rings. The highest BCUT2D eigenvalue weighted by Crippen LogP contribution is 2.35. The van der Waals surface area contributed by atoms with Crippen LogP contribution in [0.1, 0.15) is 20.8 Å². The zero-order valence-electron chi connectivity index (χ0n) is 10.00. The molecule has 2 saturated heterocycles. The summed E-state index contributed by atoms with van der Waals surface area (Å²) in [5.41, 5.74) is 1.56. The van der Waals surface area contributed by atoms with Crippen LogP contribution in [0.15, 0.2) is 0 Å². The molecule has 2 heterocycles. The molecular weight excluding hydrogens is 234 g/mol. The smallest absolute Gasteiger partial charge is 0.410 e. The lowest BCUT2D eigenvalue weighted by molar-refractivity contribution is -0.0517. The van der Waals surface area contributed by atoms with E-state index in [0.29, 0.717) is 0 Å². The zero-order chi connectivity index (χ0) is 12.8. The molecule has 0 aliphatic carbocycles. The number of halogens is 2. The summed E-state index contributed by atoms with van der Waals surface area (Å²) in [7, 11) is 0. The van der Waals surface area contributed by atoms with Crippen LogP contribution in [0.4, 0.5) is 13.6 Å². The molecule has 0 aromatic heterocycles.